The zero-order chi connectivity index (χ0) is 30.1. The Bertz CT molecular complexity index is 1120. The number of esters is 1. The number of rotatable bonds is 13. The van der Waals surface area contributed by atoms with E-state index in [2.05, 4.69) is 20.6 Å². The molecule has 0 saturated carbocycles. The van der Waals surface area contributed by atoms with Gasteiger partial charge in [-0.15, -0.1) is 0 Å². The van der Waals surface area contributed by atoms with Gasteiger partial charge in [-0.2, -0.15) is 0 Å². The number of amides is 2. The molecular weight excluding hydrogens is 520 g/mol. The SMILES string of the molecule is CCC/C=C/C(CC(C)=O)OC(=O)C(NC(=O)[C@]1(C)COC(c2coc(CNC(=O)OC(C)(C)C)n2)=N1)C(C)C. The van der Waals surface area contributed by atoms with Crippen LogP contribution in [0, 0.1) is 5.92 Å². The van der Waals surface area contributed by atoms with E-state index in [4.69, 9.17) is 18.6 Å². The Morgan fingerprint density at radius 1 is 1.23 bits per heavy atom. The van der Waals surface area contributed by atoms with Crippen molar-refractivity contribution in [2.45, 2.75) is 104 Å². The van der Waals surface area contributed by atoms with Crippen LogP contribution in [-0.4, -0.2) is 64.5 Å². The molecular formula is C28H42N4O8. The summed E-state index contributed by atoms with van der Waals surface area (Å²) >= 11 is 0. The Kier molecular flexibility index (Phi) is 11.4. The van der Waals surface area contributed by atoms with Crippen molar-refractivity contribution < 1.29 is 37.8 Å². The highest BCUT2D eigenvalue weighted by Crippen LogP contribution is 2.23. The van der Waals surface area contributed by atoms with Crippen molar-refractivity contribution in [3.05, 3.63) is 30.0 Å². The second-order valence-electron chi connectivity index (χ2n) is 11.3. The molecule has 2 unspecified atom stereocenters. The number of nitrogens with zero attached hydrogens (tertiary/aromatic N) is 2. The number of allylic oxidation sites excluding steroid dienone is 1. The highest BCUT2D eigenvalue weighted by Gasteiger charge is 2.42. The standard InChI is InChI=1S/C28H42N4O8/c1-9-10-11-12-19(13-18(4)33)39-24(34)22(17(2)3)31-25(35)28(8)16-38-23(32-28)20-15-37-21(30-20)14-29-26(36)40-27(5,6)7/h11-12,15,17,19,22H,9-10,13-14,16H2,1-8H3,(H,29,36)(H,31,35)/b12-11+/t19?,22?,28-/m0/s1. The highest BCUT2D eigenvalue weighted by atomic mass is 16.6. The monoisotopic (exact) mass is 562 g/mol. The number of alkyl carbamates (subject to hydrolysis) is 1. The molecule has 2 heterocycles. The lowest BCUT2D eigenvalue weighted by Crippen LogP contribution is -2.53. The lowest BCUT2D eigenvalue weighted by Gasteiger charge is -2.26. The van der Waals surface area contributed by atoms with Gasteiger partial charge in [0.05, 0.1) is 6.54 Å². The highest BCUT2D eigenvalue weighted by molar-refractivity contribution is 5.99. The van der Waals surface area contributed by atoms with Gasteiger partial charge in [-0.05, 0) is 53.0 Å². The number of aliphatic imine (C=N–C) groups is 1. The Labute approximate surface area is 235 Å². The molecule has 0 aliphatic carbocycles. The van der Waals surface area contributed by atoms with Crippen LogP contribution < -0.4 is 10.6 Å². The number of hydrogen-bond acceptors (Lipinski definition) is 10. The first-order valence-corrected chi connectivity index (χ1v) is 13.5. The van der Waals surface area contributed by atoms with Crippen molar-refractivity contribution in [2.75, 3.05) is 6.61 Å². The minimum atomic E-state index is -1.34. The maximum absolute atomic E-state index is 13.3. The third kappa shape index (κ3) is 10.1. The van der Waals surface area contributed by atoms with Gasteiger partial charge in [-0.1, -0.05) is 33.3 Å². The van der Waals surface area contributed by atoms with Gasteiger partial charge >= 0.3 is 12.1 Å². The molecule has 2 amide bonds. The average Bonchev–Trinajstić information content (AvgIpc) is 3.47. The molecule has 0 aromatic carbocycles. The molecule has 40 heavy (non-hydrogen) atoms. The lowest BCUT2D eigenvalue weighted by atomic mass is 10.00. The van der Waals surface area contributed by atoms with Crippen LogP contribution in [0.2, 0.25) is 0 Å². The molecule has 1 aliphatic heterocycles. The maximum Gasteiger partial charge on any atom is 0.408 e. The van der Waals surface area contributed by atoms with Gasteiger partial charge < -0.3 is 29.3 Å². The van der Waals surface area contributed by atoms with Gasteiger partial charge in [0.2, 0.25) is 11.8 Å². The summed E-state index contributed by atoms with van der Waals surface area (Å²) in [6.45, 7) is 13.7. The predicted octanol–water partition coefficient (Wildman–Crippen LogP) is 3.62. The van der Waals surface area contributed by atoms with Crippen LogP contribution in [0.5, 0.6) is 0 Å². The Morgan fingerprint density at radius 2 is 1.93 bits per heavy atom. The lowest BCUT2D eigenvalue weighted by molar-refractivity contribution is -0.153. The minimum Gasteiger partial charge on any atom is -0.473 e. The van der Waals surface area contributed by atoms with E-state index in [9.17, 15) is 19.2 Å². The third-order valence-corrected chi connectivity index (χ3v) is 5.65. The second kappa shape index (κ2) is 14.1. The molecule has 1 aromatic heterocycles. The van der Waals surface area contributed by atoms with Crippen LogP contribution in [0.3, 0.4) is 0 Å². The minimum absolute atomic E-state index is 0.0175. The summed E-state index contributed by atoms with van der Waals surface area (Å²) in [5, 5.41) is 5.28. The van der Waals surface area contributed by atoms with E-state index in [1.807, 2.05) is 13.0 Å². The van der Waals surface area contributed by atoms with E-state index in [0.29, 0.717) is 0 Å². The molecule has 0 spiro atoms. The van der Waals surface area contributed by atoms with Crippen LogP contribution in [0.4, 0.5) is 4.79 Å². The van der Waals surface area contributed by atoms with Gasteiger partial charge in [0.1, 0.15) is 36.4 Å². The fraction of sp³-hybridized carbons (Fsp3) is 0.643. The molecule has 12 nitrogen and oxygen atoms in total. The number of carbonyl (C=O) groups is 4. The summed E-state index contributed by atoms with van der Waals surface area (Å²) in [4.78, 5) is 58.5. The number of oxazole rings is 1. The molecule has 12 heteroatoms. The van der Waals surface area contributed by atoms with Crippen LogP contribution in [-0.2, 0) is 35.1 Å². The molecule has 1 aromatic rings. The Morgan fingerprint density at radius 3 is 2.52 bits per heavy atom. The number of ether oxygens (including phenoxy) is 3. The number of carbonyl (C=O) groups excluding carboxylic acids is 4. The van der Waals surface area contributed by atoms with E-state index in [-0.39, 0.29) is 48.8 Å². The maximum atomic E-state index is 13.3. The molecule has 0 bridgehead atoms. The normalized spacial score (nSPS) is 18.6. The van der Waals surface area contributed by atoms with E-state index >= 15 is 0 Å². The van der Waals surface area contributed by atoms with Crippen LogP contribution in [0.1, 0.15) is 86.2 Å². The molecule has 1 aliphatic rings. The number of hydrogen-bond donors (Lipinski definition) is 2. The molecule has 2 rings (SSSR count). The first-order valence-electron chi connectivity index (χ1n) is 13.5. The molecule has 2 N–H and O–H groups in total. The fourth-order valence-electron chi connectivity index (χ4n) is 3.56. The van der Waals surface area contributed by atoms with E-state index in [1.165, 1.54) is 13.2 Å². The van der Waals surface area contributed by atoms with Gasteiger partial charge in [-0.25, -0.2) is 19.6 Å². The van der Waals surface area contributed by atoms with Crippen molar-refractivity contribution in [1.82, 2.24) is 15.6 Å². The second-order valence-corrected chi connectivity index (χ2v) is 11.3. The number of ketones is 1. The van der Waals surface area contributed by atoms with Crippen LogP contribution in [0.15, 0.2) is 27.8 Å². The molecule has 0 fully saturated rings. The van der Waals surface area contributed by atoms with Gasteiger partial charge in [-0.3, -0.25) is 9.59 Å². The fourth-order valence-corrected chi connectivity index (χ4v) is 3.56. The molecule has 222 valence electrons. The number of aromatic nitrogens is 1. The summed E-state index contributed by atoms with van der Waals surface area (Å²) in [5.41, 5.74) is -1.73. The smallest absolute Gasteiger partial charge is 0.408 e. The van der Waals surface area contributed by atoms with Crippen LogP contribution in [0.25, 0.3) is 0 Å². The summed E-state index contributed by atoms with van der Waals surface area (Å²) in [6.07, 6.45) is 5.33. The Hall–Kier alpha value is -3.70. The molecule has 0 saturated heterocycles. The molecule has 0 radical (unpaired) electrons. The first kappa shape index (κ1) is 32.5. The summed E-state index contributed by atoms with van der Waals surface area (Å²) in [5.74, 6) is -1.28. The van der Waals surface area contributed by atoms with Gasteiger partial charge in [0, 0.05) is 6.42 Å². The van der Waals surface area contributed by atoms with Crippen molar-refractivity contribution in [1.29, 1.82) is 0 Å². The van der Waals surface area contributed by atoms with Gasteiger partial charge in [0.15, 0.2) is 11.2 Å². The van der Waals surface area contributed by atoms with E-state index in [1.54, 1.807) is 47.6 Å². The molecule has 3 atom stereocenters. The zero-order valence-electron chi connectivity index (χ0n) is 24.7. The predicted molar refractivity (Wildman–Crippen MR) is 146 cm³/mol. The van der Waals surface area contributed by atoms with Crippen molar-refractivity contribution in [3.63, 3.8) is 0 Å². The van der Waals surface area contributed by atoms with E-state index < -0.39 is 41.3 Å². The number of nitrogens with one attached hydrogen (secondary N) is 2. The first-order chi connectivity index (χ1) is 18.6. The van der Waals surface area contributed by atoms with Crippen LogP contribution >= 0.6 is 0 Å². The van der Waals surface area contributed by atoms with Crippen molar-refractivity contribution in [2.24, 2.45) is 10.9 Å². The number of Topliss-reactive ketones (excluding diaryl/α,β-unsaturated/α-hetero) is 1. The zero-order valence-corrected chi connectivity index (χ0v) is 24.7. The summed E-state index contributed by atoms with van der Waals surface area (Å²) in [6, 6.07) is -0.963. The van der Waals surface area contributed by atoms with Crippen molar-refractivity contribution in [3.8, 4) is 0 Å². The summed E-state index contributed by atoms with van der Waals surface area (Å²) in [7, 11) is 0. The largest absolute Gasteiger partial charge is 0.473 e. The summed E-state index contributed by atoms with van der Waals surface area (Å²) < 4.78 is 21.8. The average molecular weight is 563 g/mol. The quantitative estimate of drug-likeness (QED) is 0.270. The van der Waals surface area contributed by atoms with Gasteiger partial charge in [0.25, 0.3) is 5.91 Å². The third-order valence-electron chi connectivity index (χ3n) is 5.65. The topological polar surface area (TPSA) is 158 Å². The van der Waals surface area contributed by atoms with E-state index in [0.717, 1.165) is 12.8 Å². The number of unbranched alkanes of at least 4 members (excludes halogenated alkanes) is 1. The van der Waals surface area contributed by atoms with Crippen molar-refractivity contribution >= 4 is 29.7 Å². The Balaban J connectivity index is 2.07.